The fourth-order valence-corrected chi connectivity index (χ4v) is 2.45. The molecule has 0 spiro atoms. The van der Waals surface area contributed by atoms with Crippen LogP contribution in [-0.2, 0) is 10.5 Å². The summed E-state index contributed by atoms with van der Waals surface area (Å²) in [5.74, 6) is 1.65. The normalized spacial score (nSPS) is 7.33. The summed E-state index contributed by atoms with van der Waals surface area (Å²) in [6.45, 7) is 19.7. The first-order valence-electron chi connectivity index (χ1n) is 11.3. The van der Waals surface area contributed by atoms with Crippen molar-refractivity contribution >= 4 is 29.3 Å². The van der Waals surface area contributed by atoms with E-state index in [9.17, 15) is 9.59 Å². The van der Waals surface area contributed by atoms with Crippen LogP contribution in [0.5, 0.6) is 0 Å². The number of benzene rings is 2. The molecule has 2 aromatic rings. The number of hydrogen-bond donors (Lipinski definition) is 2. The maximum absolute atomic E-state index is 10.9. The first-order valence-corrected chi connectivity index (χ1v) is 12.5. The molecule has 3 N–H and O–H groups in total. The average Bonchev–Trinajstić information content (AvgIpc) is 2.84. The number of anilines is 1. The molecule has 0 atom stereocenters. The van der Waals surface area contributed by atoms with Crippen LogP contribution in [0.2, 0.25) is 0 Å². The molecule has 194 valence electrons. The standard InChI is InChI=1S/C11H15NOS.C7H7NO.4C2H6.2CH4/c1-3-14-8-10-6-4-5-7-11(10)12-9(2)13;8-7(9)6-4-2-1-3-5-6;4*1-2;;/h4-7H,3,8H2,1-2H3,(H,12,13);1-5H,(H2,8,9);4*1-2H3;2*1H4. The van der Waals surface area contributed by atoms with Gasteiger partial charge in [-0.2, -0.15) is 11.8 Å². The summed E-state index contributed by atoms with van der Waals surface area (Å²) in [5, 5.41) is 2.83. The highest BCUT2D eigenvalue weighted by Gasteiger charge is 2.02. The Balaban J connectivity index is -0.0000000838. The average molecular weight is 483 g/mol. The SMILES string of the molecule is C.C.CC.CC.CC.CC.CCSCc1ccccc1NC(C)=O.NC(=O)c1ccccc1. The van der Waals surface area contributed by atoms with Crippen molar-refractivity contribution in [2.45, 2.75) is 89.8 Å². The number of nitrogens with two attached hydrogens (primary N) is 1. The van der Waals surface area contributed by atoms with Crippen molar-refractivity contribution in [3.8, 4) is 0 Å². The maximum Gasteiger partial charge on any atom is 0.248 e. The summed E-state index contributed by atoms with van der Waals surface area (Å²) < 4.78 is 0. The van der Waals surface area contributed by atoms with E-state index in [-0.39, 0.29) is 26.7 Å². The van der Waals surface area contributed by atoms with Gasteiger partial charge in [0.1, 0.15) is 0 Å². The number of nitrogens with one attached hydrogen (secondary N) is 1. The zero-order valence-corrected chi connectivity index (χ0v) is 22.2. The Labute approximate surface area is 211 Å². The minimum atomic E-state index is -0.379. The van der Waals surface area contributed by atoms with Gasteiger partial charge in [0.25, 0.3) is 0 Å². The molecule has 2 rings (SSSR count). The topological polar surface area (TPSA) is 72.2 Å². The van der Waals surface area contributed by atoms with Crippen LogP contribution in [-0.4, -0.2) is 17.6 Å². The number of primary amides is 1. The van der Waals surface area contributed by atoms with Crippen LogP contribution in [0.1, 0.15) is 100 Å². The van der Waals surface area contributed by atoms with Crippen LogP contribution in [0.3, 0.4) is 0 Å². The number of para-hydroxylation sites is 1. The van der Waals surface area contributed by atoms with Crippen LogP contribution in [0.15, 0.2) is 54.6 Å². The fraction of sp³-hybridized carbons (Fsp3) is 0.500. The lowest BCUT2D eigenvalue weighted by Gasteiger charge is -2.08. The second kappa shape index (κ2) is 37.1. The van der Waals surface area contributed by atoms with Crippen LogP contribution in [0, 0.1) is 0 Å². The lowest BCUT2D eigenvalue weighted by molar-refractivity contribution is -0.114. The van der Waals surface area contributed by atoms with Crippen LogP contribution >= 0.6 is 11.8 Å². The van der Waals surface area contributed by atoms with Gasteiger partial charge in [0.2, 0.25) is 11.8 Å². The van der Waals surface area contributed by atoms with E-state index in [1.807, 2.05) is 97.5 Å². The maximum atomic E-state index is 10.9. The first kappa shape index (κ1) is 44.4. The van der Waals surface area contributed by atoms with Crippen molar-refractivity contribution in [3.05, 3.63) is 65.7 Å². The Morgan fingerprint density at radius 2 is 1.21 bits per heavy atom. The number of rotatable bonds is 5. The van der Waals surface area contributed by atoms with E-state index in [2.05, 4.69) is 12.2 Å². The Bertz CT molecular complexity index is 633. The molecule has 0 radical (unpaired) electrons. The third-order valence-electron chi connectivity index (χ3n) is 2.85. The van der Waals surface area contributed by atoms with Gasteiger partial charge < -0.3 is 11.1 Å². The van der Waals surface area contributed by atoms with Crippen molar-refractivity contribution in [3.63, 3.8) is 0 Å². The summed E-state index contributed by atoms with van der Waals surface area (Å²) in [4.78, 5) is 21.3. The Morgan fingerprint density at radius 1 is 0.788 bits per heavy atom. The highest BCUT2D eigenvalue weighted by atomic mass is 32.2. The van der Waals surface area contributed by atoms with Gasteiger partial charge in [-0.25, -0.2) is 0 Å². The van der Waals surface area contributed by atoms with Gasteiger partial charge in [0.05, 0.1) is 0 Å². The molecular weight excluding hydrogens is 428 g/mol. The first-order chi connectivity index (χ1) is 15.0. The van der Waals surface area contributed by atoms with Crippen molar-refractivity contribution in [2.24, 2.45) is 5.73 Å². The molecule has 0 aromatic heterocycles. The molecule has 0 heterocycles. The Morgan fingerprint density at radius 3 is 1.58 bits per heavy atom. The molecule has 0 aliphatic carbocycles. The van der Waals surface area contributed by atoms with Gasteiger partial charge in [0.15, 0.2) is 0 Å². The van der Waals surface area contributed by atoms with E-state index in [0.717, 1.165) is 17.2 Å². The third kappa shape index (κ3) is 27.7. The van der Waals surface area contributed by atoms with Crippen molar-refractivity contribution in [1.82, 2.24) is 0 Å². The second-order valence-corrected chi connectivity index (χ2v) is 5.98. The van der Waals surface area contributed by atoms with Crippen LogP contribution in [0.4, 0.5) is 5.69 Å². The molecule has 2 amide bonds. The van der Waals surface area contributed by atoms with E-state index in [4.69, 9.17) is 5.73 Å². The van der Waals surface area contributed by atoms with E-state index in [1.165, 1.54) is 12.5 Å². The van der Waals surface area contributed by atoms with Crippen LogP contribution in [0.25, 0.3) is 0 Å². The molecule has 0 bridgehead atoms. The minimum Gasteiger partial charge on any atom is -0.366 e. The molecule has 2 aromatic carbocycles. The number of thioether (sulfide) groups is 1. The molecule has 0 aliphatic rings. The predicted molar refractivity (Wildman–Crippen MR) is 156 cm³/mol. The van der Waals surface area contributed by atoms with E-state index >= 15 is 0 Å². The predicted octanol–water partition coefficient (Wildman–Crippen LogP) is 9.06. The number of amides is 2. The number of hydrogen-bond acceptors (Lipinski definition) is 3. The Hall–Kier alpha value is -2.27. The van der Waals surface area contributed by atoms with Crippen molar-refractivity contribution < 1.29 is 9.59 Å². The lowest BCUT2D eigenvalue weighted by atomic mass is 10.2. The number of carbonyl (C=O) groups is 2. The molecule has 0 unspecified atom stereocenters. The number of carbonyl (C=O) groups excluding carboxylic acids is 2. The molecular formula is C28H54N2O2S. The summed E-state index contributed by atoms with van der Waals surface area (Å²) >= 11 is 1.85. The van der Waals surface area contributed by atoms with Gasteiger partial charge in [0, 0.05) is 23.9 Å². The van der Waals surface area contributed by atoms with E-state index < -0.39 is 0 Å². The largest absolute Gasteiger partial charge is 0.366 e. The van der Waals surface area contributed by atoms with Gasteiger partial charge in [-0.15, -0.1) is 0 Å². The molecule has 0 saturated heterocycles. The highest BCUT2D eigenvalue weighted by Crippen LogP contribution is 2.20. The highest BCUT2D eigenvalue weighted by molar-refractivity contribution is 7.98. The summed E-state index contributed by atoms with van der Waals surface area (Å²) in [6.07, 6.45) is 0. The van der Waals surface area contributed by atoms with E-state index in [0.29, 0.717) is 5.56 Å². The monoisotopic (exact) mass is 482 g/mol. The van der Waals surface area contributed by atoms with Gasteiger partial charge >= 0.3 is 0 Å². The van der Waals surface area contributed by atoms with Crippen molar-refractivity contribution in [2.75, 3.05) is 11.1 Å². The molecule has 0 fully saturated rings. The Kier molecular flexibility index (Phi) is 49.9. The fourth-order valence-electron chi connectivity index (χ4n) is 1.77. The summed E-state index contributed by atoms with van der Waals surface area (Å²) in [6, 6.07) is 16.7. The van der Waals surface area contributed by atoms with E-state index in [1.54, 1.807) is 24.3 Å². The minimum absolute atomic E-state index is 0. The zero-order valence-electron chi connectivity index (χ0n) is 21.4. The smallest absolute Gasteiger partial charge is 0.248 e. The van der Waals surface area contributed by atoms with Gasteiger partial charge in [-0.05, 0) is 29.5 Å². The molecule has 5 heteroatoms. The molecule has 4 nitrogen and oxygen atoms in total. The summed E-state index contributed by atoms with van der Waals surface area (Å²) in [7, 11) is 0. The summed E-state index contributed by atoms with van der Waals surface area (Å²) in [5.41, 5.74) is 7.65. The van der Waals surface area contributed by atoms with Crippen molar-refractivity contribution in [1.29, 1.82) is 0 Å². The molecule has 0 saturated carbocycles. The lowest BCUT2D eigenvalue weighted by Crippen LogP contribution is -2.09. The molecule has 0 aliphatic heterocycles. The molecule has 33 heavy (non-hydrogen) atoms. The van der Waals surface area contributed by atoms with Crippen LogP contribution < -0.4 is 11.1 Å². The quantitative estimate of drug-likeness (QED) is 0.446. The van der Waals surface area contributed by atoms with Gasteiger partial charge in [-0.3, -0.25) is 9.59 Å². The second-order valence-electron chi connectivity index (χ2n) is 4.71. The zero-order chi connectivity index (χ0) is 25.1. The third-order valence-corrected chi connectivity index (χ3v) is 3.77. The van der Waals surface area contributed by atoms with Gasteiger partial charge in [-0.1, -0.05) is 114 Å².